The van der Waals surface area contributed by atoms with Crippen LogP contribution in [0, 0.1) is 0 Å². The van der Waals surface area contributed by atoms with Crippen molar-refractivity contribution in [3.05, 3.63) is 29.8 Å². The van der Waals surface area contributed by atoms with Crippen LogP contribution in [0.2, 0.25) is 0 Å². The first-order valence-electron chi connectivity index (χ1n) is 7.44. The maximum Gasteiger partial charge on any atom is 0.119 e. The Morgan fingerprint density at radius 1 is 1.21 bits per heavy atom. The number of benzene rings is 1. The van der Waals surface area contributed by atoms with Gasteiger partial charge in [0, 0.05) is 6.04 Å². The second-order valence-electron chi connectivity index (χ2n) is 6.15. The van der Waals surface area contributed by atoms with E-state index in [9.17, 15) is 0 Å². The van der Waals surface area contributed by atoms with Crippen molar-refractivity contribution in [2.75, 3.05) is 13.2 Å². The van der Waals surface area contributed by atoms with Crippen LogP contribution in [-0.2, 0) is 5.41 Å². The fraction of sp³-hybridized carbons (Fsp3) is 0.647. The van der Waals surface area contributed by atoms with Crippen LogP contribution in [0.3, 0.4) is 0 Å². The van der Waals surface area contributed by atoms with E-state index >= 15 is 0 Å². The Labute approximate surface area is 118 Å². The molecule has 2 nitrogen and oxygen atoms in total. The first-order valence-corrected chi connectivity index (χ1v) is 7.44. The molecule has 1 aromatic carbocycles. The molecular weight excluding hydrogens is 234 g/mol. The minimum Gasteiger partial charge on any atom is -0.492 e. The molecule has 0 saturated heterocycles. The summed E-state index contributed by atoms with van der Waals surface area (Å²) in [7, 11) is 0. The highest BCUT2D eigenvalue weighted by atomic mass is 16.5. The Balaban J connectivity index is 2.57. The Morgan fingerprint density at radius 3 is 2.53 bits per heavy atom. The average Bonchev–Trinajstić information content (AvgIpc) is 2.38. The van der Waals surface area contributed by atoms with E-state index in [0.29, 0.717) is 6.04 Å². The lowest BCUT2D eigenvalue weighted by Gasteiger charge is -2.21. The molecule has 2 heteroatoms. The van der Waals surface area contributed by atoms with Crippen molar-refractivity contribution in [3.8, 4) is 5.75 Å². The fourth-order valence-electron chi connectivity index (χ4n) is 1.92. The molecule has 0 aromatic heterocycles. The monoisotopic (exact) mass is 263 g/mol. The zero-order valence-electron chi connectivity index (χ0n) is 13.1. The third-order valence-electron chi connectivity index (χ3n) is 3.33. The van der Waals surface area contributed by atoms with Gasteiger partial charge in [-0.2, -0.15) is 0 Å². The van der Waals surface area contributed by atoms with E-state index in [-0.39, 0.29) is 5.41 Å². The van der Waals surface area contributed by atoms with E-state index in [2.05, 4.69) is 58.1 Å². The highest BCUT2D eigenvalue weighted by Crippen LogP contribution is 2.25. The number of hydrogen-bond donors (Lipinski definition) is 1. The molecule has 0 fully saturated rings. The van der Waals surface area contributed by atoms with Gasteiger partial charge in [-0.25, -0.2) is 0 Å². The van der Waals surface area contributed by atoms with Crippen LogP contribution >= 0.6 is 0 Å². The second-order valence-corrected chi connectivity index (χ2v) is 6.15. The van der Waals surface area contributed by atoms with Gasteiger partial charge in [0.2, 0.25) is 0 Å². The van der Waals surface area contributed by atoms with Gasteiger partial charge in [0.1, 0.15) is 12.4 Å². The van der Waals surface area contributed by atoms with Crippen molar-refractivity contribution >= 4 is 0 Å². The quantitative estimate of drug-likeness (QED) is 0.798. The van der Waals surface area contributed by atoms with Crippen LogP contribution in [0.5, 0.6) is 5.75 Å². The summed E-state index contributed by atoms with van der Waals surface area (Å²) in [6, 6.07) is 8.89. The van der Waals surface area contributed by atoms with E-state index in [1.165, 1.54) is 5.56 Å². The molecule has 108 valence electrons. The molecular formula is C17H29NO. The molecule has 0 radical (unpaired) electrons. The second kappa shape index (κ2) is 7.54. The Morgan fingerprint density at radius 2 is 1.95 bits per heavy atom. The van der Waals surface area contributed by atoms with Crippen molar-refractivity contribution in [1.82, 2.24) is 5.32 Å². The highest BCUT2D eigenvalue weighted by Gasteiger charge is 2.14. The average molecular weight is 263 g/mol. The highest BCUT2D eigenvalue weighted by molar-refractivity contribution is 5.32. The third-order valence-corrected chi connectivity index (χ3v) is 3.33. The van der Waals surface area contributed by atoms with Crippen molar-refractivity contribution in [3.63, 3.8) is 0 Å². The predicted octanol–water partition coefficient (Wildman–Crippen LogP) is 4.14. The fourth-order valence-corrected chi connectivity index (χ4v) is 1.92. The topological polar surface area (TPSA) is 21.3 Å². The molecule has 0 amide bonds. The van der Waals surface area contributed by atoms with Gasteiger partial charge in [-0.3, -0.25) is 0 Å². The lowest BCUT2D eigenvalue weighted by atomic mass is 9.87. The number of nitrogens with one attached hydrogen (secondary N) is 1. The lowest BCUT2D eigenvalue weighted by Crippen LogP contribution is -2.34. The van der Waals surface area contributed by atoms with E-state index in [1.807, 2.05) is 6.07 Å². The van der Waals surface area contributed by atoms with Crippen molar-refractivity contribution in [2.24, 2.45) is 0 Å². The van der Waals surface area contributed by atoms with E-state index in [4.69, 9.17) is 4.74 Å². The van der Waals surface area contributed by atoms with Gasteiger partial charge in [0.15, 0.2) is 0 Å². The Hall–Kier alpha value is -1.02. The molecule has 0 aliphatic carbocycles. The SMILES string of the molecule is CCCNC(CC)COc1cccc(C(C)(C)C)c1. The summed E-state index contributed by atoms with van der Waals surface area (Å²) in [5.74, 6) is 0.976. The Kier molecular flexibility index (Phi) is 6.36. The zero-order chi connectivity index (χ0) is 14.3. The summed E-state index contributed by atoms with van der Waals surface area (Å²) in [6.07, 6.45) is 2.26. The molecule has 1 atom stereocenters. The van der Waals surface area contributed by atoms with Crippen LogP contribution in [0.25, 0.3) is 0 Å². The van der Waals surface area contributed by atoms with Gasteiger partial charge >= 0.3 is 0 Å². The van der Waals surface area contributed by atoms with Crippen molar-refractivity contribution in [2.45, 2.75) is 58.9 Å². The van der Waals surface area contributed by atoms with Crippen molar-refractivity contribution < 1.29 is 4.74 Å². The largest absolute Gasteiger partial charge is 0.492 e. The maximum absolute atomic E-state index is 5.93. The molecule has 1 rings (SSSR count). The summed E-state index contributed by atoms with van der Waals surface area (Å²) in [5.41, 5.74) is 1.49. The summed E-state index contributed by atoms with van der Waals surface area (Å²) >= 11 is 0. The van der Waals surface area contributed by atoms with E-state index in [1.54, 1.807) is 0 Å². The van der Waals surface area contributed by atoms with Gasteiger partial charge in [0.25, 0.3) is 0 Å². The standard InChI is InChI=1S/C17H29NO/c1-6-11-18-15(7-2)13-19-16-10-8-9-14(12-16)17(3,4)5/h8-10,12,15,18H,6-7,11,13H2,1-5H3. The van der Waals surface area contributed by atoms with Crippen molar-refractivity contribution in [1.29, 1.82) is 0 Å². The Bertz CT molecular complexity index is 368. The predicted molar refractivity (Wildman–Crippen MR) is 83.0 cm³/mol. The molecule has 0 aliphatic heterocycles. The first-order chi connectivity index (χ1) is 8.97. The number of rotatable bonds is 7. The van der Waals surface area contributed by atoms with E-state index in [0.717, 1.165) is 31.7 Å². The summed E-state index contributed by atoms with van der Waals surface area (Å²) in [4.78, 5) is 0. The molecule has 1 aromatic rings. The van der Waals surface area contributed by atoms with Crippen LogP contribution < -0.4 is 10.1 Å². The summed E-state index contributed by atoms with van der Waals surface area (Å²) in [5, 5.41) is 3.51. The van der Waals surface area contributed by atoms with Gasteiger partial charge in [-0.05, 0) is 42.5 Å². The first kappa shape index (κ1) is 16.0. The van der Waals surface area contributed by atoms with Gasteiger partial charge in [0.05, 0.1) is 0 Å². The minimum absolute atomic E-state index is 0.171. The van der Waals surface area contributed by atoms with E-state index < -0.39 is 0 Å². The van der Waals surface area contributed by atoms with Crippen LogP contribution in [0.15, 0.2) is 24.3 Å². The van der Waals surface area contributed by atoms with Gasteiger partial charge in [-0.1, -0.05) is 46.8 Å². The molecule has 0 spiro atoms. The number of hydrogen-bond acceptors (Lipinski definition) is 2. The maximum atomic E-state index is 5.93. The normalized spacial score (nSPS) is 13.3. The molecule has 0 heterocycles. The molecule has 0 aliphatic rings. The molecule has 0 bridgehead atoms. The zero-order valence-corrected chi connectivity index (χ0v) is 13.1. The van der Waals surface area contributed by atoms with Crippen LogP contribution in [0.4, 0.5) is 0 Å². The summed E-state index contributed by atoms with van der Waals surface area (Å²) < 4.78 is 5.93. The third kappa shape index (κ3) is 5.65. The van der Waals surface area contributed by atoms with Gasteiger partial charge < -0.3 is 10.1 Å². The van der Waals surface area contributed by atoms with Crippen LogP contribution in [0.1, 0.15) is 53.0 Å². The summed E-state index contributed by atoms with van der Waals surface area (Å²) in [6.45, 7) is 12.9. The smallest absolute Gasteiger partial charge is 0.119 e. The minimum atomic E-state index is 0.171. The lowest BCUT2D eigenvalue weighted by molar-refractivity contribution is 0.260. The number of ether oxygens (including phenoxy) is 1. The molecule has 19 heavy (non-hydrogen) atoms. The van der Waals surface area contributed by atoms with Gasteiger partial charge in [-0.15, -0.1) is 0 Å². The molecule has 1 N–H and O–H groups in total. The van der Waals surface area contributed by atoms with Crippen LogP contribution in [-0.4, -0.2) is 19.2 Å². The molecule has 1 unspecified atom stereocenters. The molecule has 0 saturated carbocycles.